The van der Waals surface area contributed by atoms with E-state index in [2.05, 4.69) is 0 Å². The molecule has 1 rings (SSSR count). The van der Waals surface area contributed by atoms with Crippen LogP contribution >= 0.6 is 12.2 Å². The predicted molar refractivity (Wildman–Crippen MR) is 74.9 cm³/mol. The second-order valence-electron chi connectivity index (χ2n) is 4.21. The summed E-state index contributed by atoms with van der Waals surface area (Å²) in [6.45, 7) is 0.353. The van der Waals surface area contributed by atoms with Crippen molar-refractivity contribution in [3.8, 4) is 0 Å². The Morgan fingerprint density at radius 2 is 2.15 bits per heavy atom. The fourth-order valence-electron chi connectivity index (χ4n) is 1.46. The molecule has 1 heterocycles. The molecule has 9 heteroatoms. The molecule has 0 aromatic carbocycles. The maximum Gasteiger partial charge on any atom is 0.328 e. The van der Waals surface area contributed by atoms with Crippen molar-refractivity contribution in [3.63, 3.8) is 0 Å². The number of nitrogens with one attached hydrogen (secondary N) is 1. The minimum Gasteiger partial charge on any atom is -0.393 e. The first-order chi connectivity index (χ1) is 9.31. The molecule has 1 aromatic rings. The van der Waals surface area contributed by atoms with Crippen molar-refractivity contribution in [2.45, 2.75) is 19.4 Å². The van der Waals surface area contributed by atoms with E-state index in [1.54, 1.807) is 7.05 Å². The Morgan fingerprint density at radius 3 is 2.75 bits per heavy atom. The van der Waals surface area contributed by atoms with Gasteiger partial charge in [0.2, 0.25) is 11.7 Å². The Hall–Kier alpha value is -2.03. The second-order valence-corrected chi connectivity index (χ2v) is 4.74. The van der Waals surface area contributed by atoms with Gasteiger partial charge in [0.25, 0.3) is 5.56 Å². The van der Waals surface area contributed by atoms with Crippen molar-refractivity contribution in [3.05, 3.63) is 32.9 Å². The molecular formula is C11H15FN4O3S. The van der Waals surface area contributed by atoms with Gasteiger partial charge in [0.1, 0.15) is 0 Å². The summed E-state index contributed by atoms with van der Waals surface area (Å²) in [5.41, 5.74) is 3.50. The Balaban J connectivity index is 2.61. The maximum absolute atomic E-state index is 13.0. The molecule has 3 N–H and O–H groups in total. The van der Waals surface area contributed by atoms with E-state index in [1.807, 2.05) is 4.98 Å². The van der Waals surface area contributed by atoms with E-state index < -0.39 is 17.1 Å². The smallest absolute Gasteiger partial charge is 0.328 e. The number of H-pyrrole nitrogens is 1. The summed E-state index contributed by atoms with van der Waals surface area (Å²) in [7, 11) is 1.58. The summed E-state index contributed by atoms with van der Waals surface area (Å²) in [5, 5.41) is 0. The summed E-state index contributed by atoms with van der Waals surface area (Å²) >= 11 is 4.70. The average Bonchev–Trinajstić information content (AvgIpc) is 2.38. The molecule has 1 amide bonds. The number of amides is 1. The van der Waals surface area contributed by atoms with Gasteiger partial charge in [-0.15, -0.1) is 0 Å². The first kappa shape index (κ1) is 16.0. The number of thiocarbonyl (C=S) groups is 1. The molecule has 0 aliphatic heterocycles. The van der Waals surface area contributed by atoms with Gasteiger partial charge in [0.05, 0.1) is 11.2 Å². The van der Waals surface area contributed by atoms with Gasteiger partial charge in [0, 0.05) is 33.0 Å². The number of rotatable bonds is 6. The molecule has 0 spiro atoms. The Labute approximate surface area is 119 Å². The molecule has 0 aliphatic carbocycles. The normalized spacial score (nSPS) is 10.3. The van der Waals surface area contributed by atoms with Crippen LogP contribution in [0.3, 0.4) is 0 Å². The van der Waals surface area contributed by atoms with Gasteiger partial charge in [-0.05, 0) is 0 Å². The van der Waals surface area contributed by atoms with Crippen molar-refractivity contribution in [2.75, 3.05) is 13.6 Å². The van der Waals surface area contributed by atoms with Gasteiger partial charge >= 0.3 is 5.69 Å². The number of carbonyl (C=O) groups is 1. The standard InChI is InChI=1S/C11H15FN4O3S/c1-15(4-2-8(13)20)9(17)3-5-16-6-7(12)10(18)14-11(16)19/h6H,2-5H2,1H3,(H2,13,20)(H,14,18,19). The molecule has 110 valence electrons. The van der Waals surface area contributed by atoms with E-state index in [1.165, 1.54) is 4.90 Å². The molecule has 0 radical (unpaired) electrons. The number of aryl methyl sites for hydroxylation is 1. The Morgan fingerprint density at radius 1 is 1.50 bits per heavy atom. The van der Waals surface area contributed by atoms with E-state index in [0.29, 0.717) is 18.0 Å². The zero-order valence-electron chi connectivity index (χ0n) is 10.9. The number of nitrogens with zero attached hydrogens (tertiary/aromatic N) is 2. The number of hydrogen-bond acceptors (Lipinski definition) is 4. The van der Waals surface area contributed by atoms with Crippen LogP contribution in [0.15, 0.2) is 15.8 Å². The summed E-state index contributed by atoms with van der Waals surface area (Å²) < 4.78 is 14.0. The van der Waals surface area contributed by atoms with Gasteiger partial charge in [0.15, 0.2) is 0 Å². The highest BCUT2D eigenvalue weighted by molar-refractivity contribution is 7.80. The van der Waals surface area contributed by atoms with Crippen LogP contribution in [-0.4, -0.2) is 38.9 Å². The highest BCUT2D eigenvalue weighted by Gasteiger charge is 2.10. The lowest BCUT2D eigenvalue weighted by atomic mass is 10.3. The number of aromatic nitrogens is 2. The highest BCUT2D eigenvalue weighted by Crippen LogP contribution is 1.96. The first-order valence-corrected chi connectivity index (χ1v) is 6.23. The Kier molecular flexibility index (Phi) is 5.56. The Bertz CT molecular complexity index is 625. The predicted octanol–water partition coefficient (Wildman–Crippen LogP) is -0.800. The third-order valence-corrected chi connectivity index (χ3v) is 2.86. The third-order valence-electron chi connectivity index (χ3n) is 2.65. The summed E-state index contributed by atoms with van der Waals surface area (Å²) in [6.07, 6.45) is 1.19. The molecule has 0 unspecified atom stereocenters. The lowest BCUT2D eigenvalue weighted by molar-refractivity contribution is -0.130. The topological polar surface area (TPSA) is 101 Å². The fourth-order valence-corrected chi connectivity index (χ4v) is 1.55. The van der Waals surface area contributed by atoms with Crippen molar-refractivity contribution in [2.24, 2.45) is 5.73 Å². The minimum atomic E-state index is -1.08. The molecule has 0 saturated heterocycles. The van der Waals surface area contributed by atoms with E-state index >= 15 is 0 Å². The van der Waals surface area contributed by atoms with Crippen LogP contribution in [0.2, 0.25) is 0 Å². The van der Waals surface area contributed by atoms with Crippen LogP contribution < -0.4 is 17.0 Å². The monoisotopic (exact) mass is 302 g/mol. The van der Waals surface area contributed by atoms with Gasteiger partial charge in [-0.3, -0.25) is 19.1 Å². The number of aromatic amines is 1. The number of hydrogen-bond donors (Lipinski definition) is 2. The number of nitrogens with two attached hydrogens (primary N) is 1. The van der Waals surface area contributed by atoms with Crippen molar-refractivity contribution in [1.29, 1.82) is 0 Å². The van der Waals surface area contributed by atoms with E-state index in [4.69, 9.17) is 18.0 Å². The van der Waals surface area contributed by atoms with Crippen molar-refractivity contribution in [1.82, 2.24) is 14.5 Å². The molecule has 0 bridgehead atoms. The van der Waals surface area contributed by atoms with E-state index in [-0.39, 0.29) is 18.9 Å². The van der Waals surface area contributed by atoms with Crippen molar-refractivity contribution < 1.29 is 9.18 Å². The van der Waals surface area contributed by atoms with E-state index in [9.17, 15) is 18.8 Å². The summed E-state index contributed by atoms with van der Waals surface area (Å²) in [6, 6.07) is 0. The SMILES string of the molecule is CN(CCC(N)=S)C(=O)CCn1cc(F)c(=O)[nH]c1=O. The molecule has 0 saturated carbocycles. The van der Waals surface area contributed by atoms with Crippen LogP contribution in [0.5, 0.6) is 0 Å². The van der Waals surface area contributed by atoms with Crippen LogP contribution in [0.4, 0.5) is 4.39 Å². The van der Waals surface area contributed by atoms with E-state index in [0.717, 1.165) is 10.8 Å². The second kappa shape index (κ2) is 6.94. The number of halogens is 1. The quantitative estimate of drug-likeness (QED) is 0.670. The van der Waals surface area contributed by atoms with Crippen LogP contribution in [0.25, 0.3) is 0 Å². The van der Waals surface area contributed by atoms with Gasteiger partial charge in [-0.25, -0.2) is 4.79 Å². The molecule has 0 aliphatic rings. The molecular weight excluding hydrogens is 287 g/mol. The molecule has 7 nitrogen and oxygen atoms in total. The zero-order chi connectivity index (χ0) is 15.3. The van der Waals surface area contributed by atoms with Crippen LogP contribution in [0.1, 0.15) is 12.8 Å². The average molecular weight is 302 g/mol. The highest BCUT2D eigenvalue weighted by atomic mass is 32.1. The van der Waals surface area contributed by atoms with Gasteiger partial charge in [-0.2, -0.15) is 4.39 Å². The molecule has 0 fully saturated rings. The van der Waals surface area contributed by atoms with Gasteiger partial charge < -0.3 is 10.6 Å². The molecule has 0 atom stereocenters. The molecule has 1 aromatic heterocycles. The zero-order valence-corrected chi connectivity index (χ0v) is 11.7. The van der Waals surface area contributed by atoms with Crippen LogP contribution in [-0.2, 0) is 11.3 Å². The lowest BCUT2D eigenvalue weighted by Crippen LogP contribution is -2.34. The third kappa shape index (κ3) is 4.57. The summed E-state index contributed by atoms with van der Waals surface area (Å²) in [5.74, 6) is -1.31. The fraction of sp³-hybridized carbons (Fsp3) is 0.455. The van der Waals surface area contributed by atoms with Gasteiger partial charge in [-0.1, -0.05) is 12.2 Å². The first-order valence-electron chi connectivity index (χ1n) is 5.83. The lowest BCUT2D eigenvalue weighted by Gasteiger charge is -2.16. The minimum absolute atomic E-state index is 0.000770. The maximum atomic E-state index is 13.0. The van der Waals surface area contributed by atoms with Crippen molar-refractivity contribution >= 4 is 23.1 Å². The largest absolute Gasteiger partial charge is 0.393 e. The summed E-state index contributed by atoms with van der Waals surface area (Å²) in [4.78, 5) is 37.5. The molecule has 20 heavy (non-hydrogen) atoms. The van der Waals surface area contributed by atoms with Crippen LogP contribution in [0, 0.1) is 5.82 Å². The number of carbonyl (C=O) groups excluding carboxylic acids is 1.